The van der Waals surface area contributed by atoms with Crippen LogP contribution in [0.4, 0.5) is 5.82 Å². The first-order valence-corrected chi connectivity index (χ1v) is 9.92. The number of likely N-dealkylation sites (tertiary alicyclic amines) is 1. The second kappa shape index (κ2) is 10.9. The van der Waals surface area contributed by atoms with Gasteiger partial charge in [-0.05, 0) is 49.7 Å². The molecular weight excluding hydrogens is 437 g/mol. The third-order valence-corrected chi connectivity index (χ3v) is 5.72. The zero-order valence-corrected chi connectivity index (χ0v) is 18.4. The maximum absolute atomic E-state index is 4.52. The molecule has 146 valence electrons. The van der Waals surface area contributed by atoms with E-state index in [1.54, 1.807) is 0 Å². The monoisotopic (exact) mass is 471 g/mol. The molecule has 0 unspecified atom stereocenters. The number of anilines is 1. The Balaban J connectivity index is 0.00000243. The highest BCUT2D eigenvalue weighted by molar-refractivity contribution is 14.0. The van der Waals surface area contributed by atoms with Crippen LogP contribution >= 0.6 is 24.0 Å². The molecule has 1 aliphatic heterocycles. The number of hydrogen-bond donors (Lipinski definition) is 2. The number of unbranched alkanes of at least 4 members (excludes halogenated alkanes) is 1. The van der Waals surface area contributed by atoms with Gasteiger partial charge in [-0.3, -0.25) is 4.99 Å². The van der Waals surface area contributed by atoms with Crippen LogP contribution in [0.1, 0.15) is 51.4 Å². The number of rotatable bonds is 6. The lowest BCUT2D eigenvalue weighted by Crippen LogP contribution is -2.42. The summed E-state index contributed by atoms with van der Waals surface area (Å²) in [5.41, 5.74) is 0.586. The second-order valence-electron chi connectivity index (χ2n) is 7.56. The van der Waals surface area contributed by atoms with Gasteiger partial charge in [-0.25, -0.2) is 4.98 Å². The third kappa shape index (κ3) is 5.99. The van der Waals surface area contributed by atoms with Crippen LogP contribution in [-0.4, -0.2) is 49.1 Å². The first-order valence-electron chi connectivity index (χ1n) is 9.92. The molecule has 0 aromatic carbocycles. The lowest BCUT2D eigenvalue weighted by atomic mass is 9.73. The number of guanidine groups is 1. The molecule has 2 fully saturated rings. The summed E-state index contributed by atoms with van der Waals surface area (Å²) in [6.07, 6.45) is 12.5. The van der Waals surface area contributed by atoms with Crippen LogP contribution in [0.5, 0.6) is 0 Å². The van der Waals surface area contributed by atoms with E-state index in [1.165, 1.54) is 51.6 Å². The van der Waals surface area contributed by atoms with Crippen LogP contribution < -0.4 is 10.6 Å². The zero-order valence-electron chi connectivity index (χ0n) is 16.0. The average molecular weight is 471 g/mol. The van der Waals surface area contributed by atoms with Gasteiger partial charge in [0.15, 0.2) is 5.96 Å². The first kappa shape index (κ1) is 21.3. The standard InChI is InChI=1S/C20H33N5.HI/c1-21-19(25-16-12-20(17-25)10-4-2-5-11-20)24-15-8-7-14-23-18-9-3-6-13-22-18;/h3,6,9,13H,2,4-5,7-8,10-12,14-17H2,1H3,(H,21,24)(H,22,23);1H. The predicted molar refractivity (Wildman–Crippen MR) is 120 cm³/mol. The smallest absolute Gasteiger partial charge is 0.193 e. The minimum absolute atomic E-state index is 0. The fraction of sp³-hybridized carbons (Fsp3) is 0.700. The highest BCUT2D eigenvalue weighted by atomic mass is 127. The molecule has 1 aromatic rings. The van der Waals surface area contributed by atoms with Crippen molar-refractivity contribution in [3.63, 3.8) is 0 Å². The fourth-order valence-corrected chi connectivity index (χ4v) is 4.29. The highest BCUT2D eigenvalue weighted by Crippen LogP contribution is 2.43. The molecule has 0 amide bonds. The molecule has 2 N–H and O–H groups in total. The van der Waals surface area contributed by atoms with Gasteiger partial charge < -0.3 is 15.5 Å². The highest BCUT2D eigenvalue weighted by Gasteiger charge is 2.39. The van der Waals surface area contributed by atoms with E-state index in [0.29, 0.717) is 5.41 Å². The van der Waals surface area contributed by atoms with Gasteiger partial charge >= 0.3 is 0 Å². The fourth-order valence-electron chi connectivity index (χ4n) is 4.29. The van der Waals surface area contributed by atoms with Gasteiger partial charge in [0.2, 0.25) is 0 Å². The molecule has 2 aliphatic rings. The van der Waals surface area contributed by atoms with E-state index >= 15 is 0 Å². The lowest BCUT2D eigenvalue weighted by Gasteiger charge is -2.33. The molecule has 0 radical (unpaired) electrons. The van der Waals surface area contributed by atoms with E-state index in [2.05, 4.69) is 25.5 Å². The van der Waals surface area contributed by atoms with Gasteiger partial charge in [-0.1, -0.05) is 25.3 Å². The molecule has 5 nitrogen and oxygen atoms in total. The summed E-state index contributed by atoms with van der Waals surface area (Å²) in [5, 5.41) is 6.93. The van der Waals surface area contributed by atoms with Gasteiger partial charge in [-0.15, -0.1) is 24.0 Å². The molecule has 1 aliphatic carbocycles. The van der Waals surface area contributed by atoms with Gasteiger partial charge in [0.1, 0.15) is 5.82 Å². The summed E-state index contributed by atoms with van der Waals surface area (Å²) >= 11 is 0. The Kier molecular flexibility index (Phi) is 8.95. The number of nitrogens with zero attached hydrogens (tertiary/aromatic N) is 3. The normalized spacial score (nSPS) is 19.3. The van der Waals surface area contributed by atoms with Crippen molar-refractivity contribution in [1.82, 2.24) is 15.2 Å². The second-order valence-corrected chi connectivity index (χ2v) is 7.56. The molecule has 0 atom stereocenters. The SMILES string of the molecule is CN=C(NCCCCNc1ccccn1)N1CCC2(CCCCC2)C1.I. The van der Waals surface area contributed by atoms with E-state index < -0.39 is 0 Å². The predicted octanol–water partition coefficient (Wildman–Crippen LogP) is 4.12. The molecule has 3 rings (SSSR count). The van der Waals surface area contributed by atoms with Crippen molar-refractivity contribution in [3.05, 3.63) is 24.4 Å². The molecule has 0 bridgehead atoms. The lowest BCUT2D eigenvalue weighted by molar-refractivity contribution is 0.203. The van der Waals surface area contributed by atoms with E-state index in [-0.39, 0.29) is 24.0 Å². The van der Waals surface area contributed by atoms with Crippen molar-refractivity contribution in [1.29, 1.82) is 0 Å². The summed E-state index contributed by atoms with van der Waals surface area (Å²) in [4.78, 5) is 11.3. The zero-order chi connectivity index (χ0) is 17.4. The quantitative estimate of drug-likeness (QED) is 0.284. The Morgan fingerprint density at radius 2 is 1.96 bits per heavy atom. The van der Waals surface area contributed by atoms with E-state index in [4.69, 9.17) is 0 Å². The first-order chi connectivity index (χ1) is 12.3. The van der Waals surface area contributed by atoms with Crippen LogP contribution in [0.15, 0.2) is 29.4 Å². The van der Waals surface area contributed by atoms with Crippen LogP contribution in [0.2, 0.25) is 0 Å². The molecule has 1 spiro atoms. The number of aromatic nitrogens is 1. The summed E-state index contributed by atoms with van der Waals surface area (Å²) in [6, 6.07) is 5.96. The summed E-state index contributed by atoms with van der Waals surface area (Å²) in [7, 11) is 1.91. The summed E-state index contributed by atoms with van der Waals surface area (Å²) in [6.45, 7) is 4.32. The maximum Gasteiger partial charge on any atom is 0.193 e. The molecular formula is C20H34IN5. The minimum atomic E-state index is 0. The number of hydrogen-bond acceptors (Lipinski definition) is 3. The third-order valence-electron chi connectivity index (χ3n) is 5.72. The largest absolute Gasteiger partial charge is 0.370 e. The van der Waals surface area contributed by atoms with Crippen LogP contribution in [0.25, 0.3) is 0 Å². The van der Waals surface area contributed by atoms with Crippen LogP contribution in [-0.2, 0) is 0 Å². The maximum atomic E-state index is 4.52. The van der Waals surface area contributed by atoms with Crippen LogP contribution in [0.3, 0.4) is 0 Å². The van der Waals surface area contributed by atoms with E-state index in [0.717, 1.165) is 37.7 Å². The minimum Gasteiger partial charge on any atom is -0.370 e. The van der Waals surface area contributed by atoms with Gasteiger partial charge in [0.05, 0.1) is 0 Å². The topological polar surface area (TPSA) is 52.6 Å². The molecule has 26 heavy (non-hydrogen) atoms. The van der Waals surface area contributed by atoms with E-state index in [9.17, 15) is 0 Å². The summed E-state index contributed by atoms with van der Waals surface area (Å²) in [5.74, 6) is 2.06. The molecule has 1 saturated heterocycles. The molecule has 1 aromatic heterocycles. The van der Waals surface area contributed by atoms with E-state index in [1.807, 2.05) is 31.4 Å². The number of nitrogens with one attached hydrogen (secondary N) is 2. The molecule has 6 heteroatoms. The Morgan fingerprint density at radius 3 is 2.69 bits per heavy atom. The Bertz CT molecular complexity index is 542. The van der Waals surface area contributed by atoms with Gasteiger partial charge in [0.25, 0.3) is 0 Å². The van der Waals surface area contributed by atoms with Crippen molar-refractivity contribution in [3.8, 4) is 0 Å². The van der Waals surface area contributed by atoms with Crippen molar-refractivity contribution < 1.29 is 0 Å². The van der Waals surface area contributed by atoms with Crippen molar-refractivity contribution in [2.24, 2.45) is 10.4 Å². The number of pyridine rings is 1. The molecule has 2 heterocycles. The van der Waals surface area contributed by atoms with Crippen molar-refractivity contribution >= 4 is 35.8 Å². The van der Waals surface area contributed by atoms with Gasteiger partial charge in [-0.2, -0.15) is 0 Å². The van der Waals surface area contributed by atoms with Crippen molar-refractivity contribution in [2.75, 3.05) is 38.5 Å². The van der Waals surface area contributed by atoms with Gasteiger partial charge in [0, 0.05) is 39.4 Å². The average Bonchev–Trinajstić information content (AvgIpc) is 3.05. The molecule has 1 saturated carbocycles. The van der Waals surface area contributed by atoms with Crippen LogP contribution in [0, 0.1) is 5.41 Å². The number of halogens is 1. The summed E-state index contributed by atoms with van der Waals surface area (Å²) < 4.78 is 0. The Morgan fingerprint density at radius 1 is 1.15 bits per heavy atom. The Hall–Kier alpha value is -1.05. The number of aliphatic imine (C=N–C) groups is 1. The Labute approximate surface area is 175 Å². The van der Waals surface area contributed by atoms with Crippen molar-refractivity contribution in [2.45, 2.75) is 51.4 Å².